The number of carbonyl (C=O) groups is 1. The Morgan fingerprint density at radius 3 is 2.31 bits per heavy atom. The highest BCUT2D eigenvalue weighted by Gasteiger charge is 2.23. The van der Waals surface area contributed by atoms with Gasteiger partial charge >= 0.3 is 12.8 Å². The van der Waals surface area contributed by atoms with E-state index in [4.69, 9.17) is 9.05 Å². The van der Waals surface area contributed by atoms with Gasteiger partial charge in [-0.1, -0.05) is 0 Å². The first-order chi connectivity index (χ1) is 7.54. The number of esters is 1. The summed E-state index contributed by atoms with van der Waals surface area (Å²) in [7, 11) is 0. The van der Waals surface area contributed by atoms with Gasteiger partial charge < -0.3 is 13.8 Å². The molecule has 0 saturated heterocycles. The minimum absolute atomic E-state index is 0.0272. The van der Waals surface area contributed by atoms with Crippen LogP contribution in [-0.2, 0) is 23.1 Å². The molecule has 0 aliphatic heterocycles. The summed E-state index contributed by atoms with van der Waals surface area (Å²) in [6.07, 6.45) is 0. The van der Waals surface area contributed by atoms with Gasteiger partial charge in [-0.25, -0.2) is 4.57 Å². The van der Waals surface area contributed by atoms with Gasteiger partial charge in [-0.15, -0.1) is 0 Å². The van der Waals surface area contributed by atoms with Gasteiger partial charge in [0.25, 0.3) is 0 Å². The molecule has 0 rings (SSSR count). The van der Waals surface area contributed by atoms with Gasteiger partial charge in [-0.3, -0.25) is 4.79 Å². The van der Waals surface area contributed by atoms with Gasteiger partial charge in [0.15, 0.2) is 6.61 Å². The molecule has 0 aliphatic rings. The smallest absolute Gasteiger partial charge is 0.401 e. The van der Waals surface area contributed by atoms with E-state index in [1.54, 1.807) is 13.8 Å². The molecule has 0 aromatic rings. The molecule has 0 aliphatic carbocycles. The van der Waals surface area contributed by atoms with E-state index in [2.05, 4.69) is 15.9 Å². The molecule has 0 atom stereocenters. The Balaban J connectivity index is 4.10. The van der Waals surface area contributed by atoms with Crippen molar-refractivity contribution in [1.82, 2.24) is 0 Å². The summed E-state index contributed by atoms with van der Waals surface area (Å²) in [6.45, 7) is 2.10. The summed E-state index contributed by atoms with van der Waals surface area (Å²) < 4.78 is 26.4. The minimum Gasteiger partial charge on any atom is -0.453 e. The third-order valence-electron chi connectivity index (χ3n) is 1.15. The van der Waals surface area contributed by atoms with Crippen molar-refractivity contribution in [2.24, 2.45) is 0 Å². The monoisotopic (exact) mass is 266 g/mol. The van der Waals surface area contributed by atoms with E-state index in [-0.39, 0.29) is 19.8 Å². The Kier molecular flexibility index (Phi) is 8.40. The van der Waals surface area contributed by atoms with Gasteiger partial charge in [0.05, 0.1) is 13.2 Å². The second kappa shape index (κ2) is 8.66. The third kappa shape index (κ3) is 7.77. The predicted molar refractivity (Wildman–Crippen MR) is 62.9 cm³/mol. The molecule has 0 radical (unpaired) electrons. The van der Waals surface area contributed by atoms with Crippen LogP contribution in [-0.4, -0.2) is 25.8 Å². The van der Waals surface area contributed by atoms with Crippen molar-refractivity contribution in [1.29, 1.82) is 0 Å². The van der Waals surface area contributed by atoms with Crippen LogP contribution in [0.2, 0.25) is 0 Å². The highest BCUT2D eigenvalue weighted by Crippen LogP contribution is 2.59. The van der Waals surface area contributed by atoms with Crippen molar-refractivity contribution in [3.63, 3.8) is 0 Å². The van der Waals surface area contributed by atoms with Crippen LogP contribution in [0.4, 0.5) is 0 Å². The lowest BCUT2D eigenvalue weighted by Gasteiger charge is -2.12. The van der Waals surface area contributed by atoms with Crippen LogP contribution in [0.1, 0.15) is 20.8 Å². The van der Waals surface area contributed by atoms with E-state index in [0.29, 0.717) is 0 Å². The Hall–Kier alpha value is -0.470. The van der Waals surface area contributed by atoms with Gasteiger partial charge in [0.2, 0.25) is 0 Å². The Bertz CT molecular complexity index is 310. The normalized spacial score (nSPS) is 10.4. The summed E-state index contributed by atoms with van der Waals surface area (Å²) >= 11 is 0.783. The van der Waals surface area contributed by atoms with Crippen molar-refractivity contribution in [2.45, 2.75) is 20.8 Å². The molecule has 0 bridgehead atoms. The van der Waals surface area contributed by atoms with Crippen LogP contribution < -0.4 is 0 Å². The summed E-state index contributed by atoms with van der Waals surface area (Å²) in [6, 6.07) is 0. The molecule has 0 unspecified atom stereocenters. The highest BCUT2D eigenvalue weighted by atomic mass is 32.7. The topological polar surface area (TPSA) is 61.8 Å². The molecule has 16 heavy (non-hydrogen) atoms. The maximum Gasteiger partial charge on any atom is 0.401 e. The number of ether oxygens (including phenoxy) is 1. The second-order valence-electron chi connectivity index (χ2n) is 2.43. The highest BCUT2D eigenvalue weighted by molar-refractivity contribution is 8.57. The molecule has 0 heterocycles. The first kappa shape index (κ1) is 15.5. The number of hydrogen-bond donors (Lipinski definition) is 0. The zero-order valence-electron chi connectivity index (χ0n) is 9.52. The summed E-state index contributed by atoms with van der Waals surface area (Å²) in [5.41, 5.74) is 0. The van der Waals surface area contributed by atoms with Crippen LogP contribution in [0.5, 0.6) is 0 Å². The van der Waals surface area contributed by atoms with Crippen molar-refractivity contribution in [3.8, 4) is 11.2 Å². The molecular weight excluding hydrogens is 251 g/mol. The molecule has 0 fully saturated rings. The fourth-order valence-corrected chi connectivity index (χ4v) is 3.19. The predicted octanol–water partition coefficient (Wildman–Crippen LogP) is 2.42. The summed E-state index contributed by atoms with van der Waals surface area (Å²) in [5.74, 6) is 2.12. The fourth-order valence-electron chi connectivity index (χ4n) is 0.662. The van der Waals surface area contributed by atoms with Gasteiger partial charge in [0, 0.05) is 18.3 Å². The average molecular weight is 266 g/mol. The lowest BCUT2D eigenvalue weighted by atomic mass is 10.7. The number of rotatable bonds is 6. The van der Waals surface area contributed by atoms with E-state index >= 15 is 0 Å². The summed E-state index contributed by atoms with van der Waals surface area (Å²) in [5, 5.41) is 2.53. The Morgan fingerprint density at radius 1 is 1.31 bits per heavy atom. The largest absolute Gasteiger partial charge is 0.453 e. The lowest BCUT2D eigenvalue weighted by molar-refractivity contribution is -0.139. The molecule has 0 amide bonds. The van der Waals surface area contributed by atoms with Crippen LogP contribution in [0.25, 0.3) is 0 Å². The first-order valence-corrected chi connectivity index (χ1v) is 7.69. The molecule has 92 valence electrons. The Labute approximate surface area is 99.5 Å². The van der Waals surface area contributed by atoms with E-state index in [0.717, 1.165) is 11.4 Å². The molecule has 0 aromatic heterocycles. The zero-order valence-corrected chi connectivity index (χ0v) is 11.2. The van der Waals surface area contributed by atoms with Crippen molar-refractivity contribution < 1.29 is 23.1 Å². The van der Waals surface area contributed by atoms with Crippen molar-refractivity contribution in [2.75, 3.05) is 19.8 Å². The molecule has 0 N–H and O–H groups in total. The van der Waals surface area contributed by atoms with Gasteiger partial charge in [0.1, 0.15) is 0 Å². The van der Waals surface area contributed by atoms with Gasteiger partial charge in [-0.2, -0.15) is 0 Å². The summed E-state index contributed by atoms with van der Waals surface area (Å²) in [4.78, 5) is 10.4. The van der Waals surface area contributed by atoms with E-state index < -0.39 is 12.8 Å². The van der Waals surface area contributed by atoms with Crippen LogP contribution in [0.15, 0.2) is 0 Å². The molecular formula is C9H15O5PS. The second-order valence-corrected chi connectivity index (χ2v) is 6.12. The van der Waals surface area contributed by atoms with Crippen LogP contribution >= 0.6 is 18.2 Å². The van der Waals surface area contributed by atoms with Crippen molar-refractivity contribution >= 4 is 24.1 Å². The quantitative estimate of drug-likeness (QED) is 0.418. The fraction of sp³-hybridized carbons (Fsp3) is 0.667. The molecule has 7 heteroatoms. The van der Waals surface area contributed by atoms with E-state index in [9.17, 15) is 9.36 Å². The number of hydrogen-bond acceptors (Lipinski definition) is 6. The van der Waals surface area contributed by atoms with Crippen LogP contribution in [0.3, 0.4) is 0 Å². The third-order valence-corrected chi connectivity index (χ3v) is 4.34. The van der Waals surface area contributed by atoms with Crippen LogP contribution in [0, 0.1) is 11.2 Å². The molecule has 0 aromatic carbocycles. The van der Waals surface area contributed by atoms with E-state index in [1.807, 2.05) is 0 Å². The molecule has 0 spiro atoms. The SMILES string of the molecule is CCOP(=O)(OCC)SC#CCOC(C)=O. The average Bonchev–Trinajstić information content (AvgIpc) is 2.17. The molecule has 5 nitrogen and oxygen atoms in total. The van der Waals surface area contributed by atoms with Crippen molar-refractivity contribution in [3.05, 3.63) is 0 Å². The Morgan fingerprint density at radius 2 is 1.88 bits per heavy atom. The first-order valence-electron chi connectivity index (χ1n) is 4.73. The maximum atomic E-state index is 11.8. The maximum absolute atomic E-state index is 11.8. The zero-order chi connectivity index (χ0) is 12.4. The molecule has 0 saturated carbocycles. The standard InChI is InChI=1S/C9H15O5PS/c1-4-13-15(11,14-5-2)16-8-6-7-12-9(3)10/h4-5,7H2,1-3H3. The lowest BCUT2D eigenvalue weighted by Crippen LogP contribution is -1.97. The van der Waals surface area contributed by atoms with E-state index in [1.165, 1.54) is 6.92 Å². The minimum atomic E-state index is -3.18. The number of carbonyl (C=O) groups excluding carboxylic acids is 1. The van der Waals surface area contributed by atoms with Gasteiger partial charge in [-0.05, 0) is 25.0 Å².